The lowest BCUT2D eigenvalue weighted by Crippen LogP contribution is -2.42. The molecule has 112 valence electrons. The Morgan fingerprint density at radius 3 is 2.90 bits per heavy atom. The van der Waals surface area contributed by atoms with Crippen LogP contribution in [0.4, 0.5) is 0 Å². The lowest BCUT2D eigenvalue weighted by molar-refractivity contribution is -0.0450. The minimum atomic E-state index is -0.345. The quantitative estimate of drug-likeness (QED) is 0.873. The van der Waals surface area contributed by atoms with Crippen molar-refractivity contribution < 1.29 is 14.4 Å². The Morgan fingerprint density at radius 2 is 2.20 bits per heavy atom. The summed E-state index contributed by atoms with van der Waals surface area (Å²) in [7, 11) is 0. The van der Waals surface area contributed by atoms with E-state index < -0.39 is 0 Å². The molecular formula is C14H23N3O3. The summed E-state index contributed by atoms with van der Waals surface area (Å²) >= 11 is 0. The molecule has 1 saturated heterocycles. The molecule has 1 N–H and O–H groups in total. The molecule has 1 aliphatic carbocycles. The average Bonchev–Trinajstić information content (AvgIpc) is 3.20. The Kier molecular flexibility index (Phi) is 4.05. The maximum atomic E-state index is 9.91. The van der Waals surface area contributed by atoms with Crippen molar-refractivity contribution in [1.82, 2.24) is 15.0 Å². The van der Waals surface area contributed by atoms with Gasteiger partial charge in [-0.3, -0.25) is 4.90 Å². The fraction of sp³-hybridized carbons (Fsp3) is 0.857. The molecule has 2 heterocycles. The van der Waals surface area contributed by atoms with Crippen molar-refractivity contribution in [3.05, 3.63) is 11.7 Å². The SMILES string of the molecule is CC(C)N1CCOC(c2noc(CC(O)C3CC3)n2)C1. The fourth-order valence-electron chi connectivity index (χ4n) is 2.60. The molecule has 0 bridgehead atoms. The van der Waals surface area contributed by atoms with E-state index >= 15 is 0 Å². The lowest BCUT2D eigenvalue weighted by atomic mass is 10.1. The van der Waals surface area contributed by atoms with Gasteiger partial charge in [-0.05, 0) is 32.6 Å². The second-order valence-electron chi connectivity index (χ2n) is 6.10. The van der Waals surface area contributed by atoms with Gasteiger partial charge >= 0.3 is 0 Å². The Labute approximate surface area is 119 Å². The number of aromatic nitrogens is 2. The van der Waals surface area contributed by atoms with E-state index in [0.717, 1.165) is 25.9 Å². The molecular weight excluding hydrogens is 258 g/mol. The highest BCUT2D eigenvalue weighted by Crippen LogP contribution is 2.33. The minimum absolute atomic E-state index is 0.123. The summed E-state index contributed by atoms with van der Waals surface area (Å²) in [5.41, 5.74) is 0. The Bertz CT molecular complexity index is 445. The van der Waals surface area contributed by atoms with Gasteiger partial charge in [-0.15, -0.1) is 0 Å². The summed E-state index contributed by atoms with van der Waals surface area (Å²) in [6, 6.07) is 0.490. The number of hydrogen-bond donors (Lipinski definition) is 1. The van der Waals surface area contributed by atoms with Gasteiger partial charge in [0.2, 0.25) is 11.7 Å². The van der Waals surface area contributed by atoms with Crippen molar-refractivity contribution in [2.45, 2.75) is 51.4 Å². The molecule has 6 heteroatoms. The highest BCUT2D eigenvalue weighted by atomic mass is 16.5. The summed E-state index contributed by atoms with van der Waals surface area (Å²) < 4.78 is 11.0. The van der Waals surface area contributed by atoms with Gasteiger partial charge in [0.1, 0.15) is 6.10 Å². The molecule has 1 aromatic rings. The predicted molar refractivity (Wildman–Crippen MR) is 72.1 cm³/mol. The zero-order valence-electron chi connectivity index (χ0n) is 12.2. The van der Waals surface area contributed by atoms with Crippen LogP contribution in [0, 0.1) is 5.92 Å². The molecule has 3 rings (SSSR count). The highest BCUT2D eigenvalue weighted by Gasteiger charge is 2.32. The predicted octanol–water partition coefficient (Wildman–Crippen LogP) is 1.16. The van der Waals surface area contributed by atoms with Gasteiger partial charge in [0.15, 0.2) is 0 Å². The van der Waals surface area contributed by atoms with Crippen molar-refractivity contribution >= 4 is 0 Å². The van der Waals surface area contributed by atoms with Crippen molar-refractivity contribution in [2.24, 2.45) is 5.92 Å². The number of nitrogens with zero attached hydrogens (tertiary/aromatic N) is 3. The van der Waals surface area contributed by atoms with Gasteiger partial charge in [0.05, 0.1) is 19.1 Å². The van der Waals surface area contributed by atoms with Crippen molar-refractivity contribution in [2.75, 3.05) is 19.7 Å². The van der Waals surface area contributed by atoms with E-state index in [1.165, 1.54) is 0 Å². The maximum Gasteiger partial charge on any atom is 0.229 e. The van der Waals surface area contributed by atoms with Gasteiger partial charge in [-0.1, -0.05) is 5.16 Å². The first-order chi connectivity index (χ1) is 9.63. The van der Waals surface area contributed by atoms with Gasteiger partial charge in [-0.2, -0.15) is 4.98 Å². The first-order valence-electron chi connectivity index (χ1n) is 7.49. The molecule has 0 amide bonds. The van der Waals surface area contributed by atoms with Crippen LogP contribution in [0.3, 0.4) is 0 Å². The summed E-state index contributed by atoms with van der Waals surface area (Å²) in [6.07, 6.45) is 2.21. The average molecular weight is 281 g/mol. The van der Waals surface area contributed by atoms with E-state index in [-0.39, 0.29) is 12.2 Å². The summed E-state index contributed by atoms with van der Waals surface area (Å²) in [6.45, 7) is 6.78. The fourth-order valence-corrected chi connectivity index (χ4v) is 2.60. The van der Waals surface area contributed by atoms with Crippen molar-refractivity contribution in [3.8, 4) is 0 Å². The van der Waals surface area contributed by atoms with Crippen LogP contribution in [0.25, 0.3) is 0 Å². The number of rotatable bonds is 5. The van der Waals surface area contributed by atoms with Crippen LogP contribution in [0.2, 0.25) is 0 Å². The van der Waals surface area contributed by atoms with Crippen LogP contribution < -0.4 is 0 Å². The second kappa shape index (κ2) is 5.79. The van der Waals surface area contributed by atoms with E-state index in [1.807, 2.05) is 0 Å². The summed E-state index contributed by atoms with van der Waals surface area (Å²) in [5, 5.41) is 13.9. The van der Waals surface area contributed by atoms with E-state index in [9.17, 15) is 5.11 Å². The summed E-state index contributed by atoms with van der Waals surface area (Å²) in [5.74, 6) is 1.55. The number of aliphatic hydroxyl groups is 1. The third kappa shape index (κ3) is 3.19. The molecule has 0 aromatic carbocycles. The lowest BCUT2D eigenvalue weighted by Gasteiger charge is -2.34. The van der Waals surface area contributed by atoms with Crippen molar-refractivity contribution in [3.63, 3.8) is 0 Å². The third-order valence-corrected chi connectivity index (χ3v) is 4.15. The van der Waals surface area contributed by atoms with Gasteiger partial charge < -0.3 is 14.4 Å². The Hall–Kier alpha value is -0.980. The van der Waals surface area contributed by atoms with Crippen LogP contribution in [-0.2, 0) is 11.2 Å². The topological polar surface area (TPSA) is 71.6 Å². The number of hydrogen-bond acceptors (Lipinski definition) is 6. The number of morpholine rings is 1. The van der Waals surface area contributed by atoms with Crippen molar-refractivity contribution in [1.29, 1.82) is 0 Å². The van der Waals surface area contributed by atoms with E-state index in [1.54, 1.807) is 0 Å². The maximum absolute atomic E-state index is 9.91. The number of ether oxygens (including phenoxy) is 1. The molecule has 0 radical (unpaired) electrons. The third-order valence-electron chi connectivity index (χ3n) is 4.15. The minimum Gasteiger partial charge on any atom is -0.392 e. The Balaban J connectivity index is 1.60. The molecule has 1 saturated carbocycles. The zero-order chi connectivity index (χ0) is 14.1. The molecule has 20 heavy (non-hydrogen) atoms. The first kappa shape index (κ1) is 14.0. The van der Waals surface area contributed by atoms with Crippen LogP contribution >= 0.6 is 0 Å². The highest BCUT2D eigenvalue weighted by molar-refractivity contribution is 4.97. The monoisotopic (exact) mass is 281 g/mol. The van der Waals surface area contributed by atoms with Crippen LogP contribution in [-0.4, -0.2) is 52.0 Å². The van der Waals surface area contributed by atoms with Crippen LogP contribution in [0.15, 0.2) is 4.52 Å². The number of aliphatic hydroxyl groups excluding tert-OH is 1. The second-order valence-corrected chi connectivity index (χ2v) is 6.10. The van der Waals surface area contributed by atoms with E-state index in [2.05, 4.69) is 28.9 Å². The van der Waals surface area contributed by atoms with Gasteiger partial charge in [-0.25, -0.2) is 0 Å². The normalized spacial score (nSPS) is 26.1. The molecule has 2 unspecified atom stereocenters. The largest absolute Gasteiger partial charge is 0.392 e. The van der Waals surface area contributed by atoms with Crippen LogP contribution in [0.5, 0.6) is 0 Å². The molecule has 2 fully saturated rings. The smallest absolute Gasteiger partial charge is 0.229 e. The van der Waals surface area contributed by atoms with Crippen LogP contribution in [0.1, 0.15) is 44.5 Å². The van der Waals surface area contributed by atoms with Gasteiger partial charge in [0.25, 0.3) is 0 Å². The Morgan fingerprint density at radius 1 is 1.40 bits per heavy atom. The molecule has 2 aliphatic rings. The van der Waals surface area contributed by atoms with E-state index in [4.69, 9.17) is 9.26 Å². The molecule has 2 atom stereocenters. The summed E-state index contributed by atoms with van der Waals surface area (Å²) in [4.78, 5) is 6.74. The first-order valence-corrected chi connectivity index (χ1v) is 7.49. The molecule has 0 spiro atoms. The standard InChI is InChI=1S/C14H23N3O3/c1-9(2)17-5-6-19-12(8-17)14-15-13(20-16-14)7-11(18)10-3-4-10/h9-12,18H,3-8H2,1-2H3. The molecule has 1 aliphatic heterocycles. The molecule has 1 aromatic heterocycles. The zero-order valence-corrected chi connectivity index (χ0v) is 12.2. The van der Waals surface area contributed by atoms with Gasteiger partial charge in [0, 0.05) is 19.1 Å². The molecule has 6 nitrogen and oxygen atoms in total. The van der Waals surface area contributed by atoms with E-state index in [0.29, 0.717) is 36.7 Å².